The number of nitrogens with zero attached hydrogens (tertiary/aromatic N) is 1. The number of fused-ring (bicyclic) bond motifs is 1. The molecular weight excluding hydrogens is 294 g/mol. The number of carboxylic acid groups (broad SMARTS) is 1. The van der Waals surface area contributed by atoms with Crippen LogP contribution in [0.5, 0.6) is 0 Å². The van der Waals surface area contributed by atoms with Crippen molar-refractivity contribution in [3.05, 3.63) is 65.2 Å². The molecule has 5 heteroatoms. The van der Waals surface area contributed by atoms with Crippen molar-refractivity contribution in [2.24, 2.45) is 0 Å². The summed E-state index contributed by atoms with van der Waals surface area (Å²) in [5, 5.41) is 9.41. The summed E-state index contributed by atoms with van der Waals surface area (Å²) in [5.74, 6) is -2.58. The molecule has 1 aliphatic rings. The van der Waals surface area contributed by atoms with Crippen LogP contribution in [0.3, 0.4) is 0 Å². The Bertz CT molecular complexity index is 777. The van der Waals surface area contributed by atoms with Gasteiger partial charge in [-0.05, 0) is 30.2 Å². The van der Waals surface area contributed by atoms with Crippen LogP contribution < -0.4 is 4.90 Å². The average Bonchev–Trinajstić information content (AvgIpc) is 2.80. The lowest BCUT2D eigenvalue weighted by atomic mass is 9.94. The van der Waals surface area contributed by atoms with Crippen LogP contribution in [0.4, 0.5) is 5.69 Å². The summed E-state index contributed by atoms with van der Waals surface area (Å²) in [4.78, 5) is 37.8. The van der Waals surface area contributed by atoms with Gasteiger partial charge in [-0.15, -0.1) is 0 Å². The van der Waals surface area contributed by atoms with Crippen LogP contribution in [0.25, 0.3) is 0 Å². The molecule has 2 aromatic rings. The maximum atomic E-state index is 12.6. The number of amides is 2. The number of para-hydroxylation sites is 1. The largest absolute Gasteiger partial charge is 0.481 e. The van der Waals surface area contributed by atoms with Gasteiger partial charge >= 0.3 is 5.97 Å². The molecule has 3 rings (SSSR count). The third-order valence-corrected chi connectivity index (χ3v) is 4.05. The molecule has 1 N–H and O–H groups in total. The minimum Gasteiger partial charge on any atom is -0.481 e. The van der Waals surface area contributed by atoms with Crippen LogP contribution in [0.15, 0.2) is 48.5 Å². The highest BCUT2D eigenvalue weighted by Crippen LogP contribution is 2.35. The van der Waals surface area contributed by atoms with E-state index >= 15 is 0 Å². The van der Waals surface area contributed by atoms with Gasteiger partial charge in [0.1, 0.15) is 0 Å². The molecule has 1 unspecified atom stereocenters. The summed E-state index contributed by atoms with van der Waals surface area (Å²) in [6, 6.07) is 13.3. The number of carbonyl (C=O) groups excluding carboxylic acids is 2. The second kappa shape index (κ2) is 5.68. The van der Waals surface area contributed by atoms with Crippen molar-refractivity contribution < 1.29 is 19.5 Å². The number of benzene rings is 2. The number of aliphatic carboxylic acids is 1. The van der Waals surface area contributed by atoms with Crippen molar-refractivity contribution in [2.75, 3.05) is 4.90 Å². The summed E-state index contributed by atoms with van der Waals surface area (Å²) in [6.07, 6.45) is 0.371. The topological polar surface area (TPSA) is 74.7 Å². The smallest absolute Gasteiger partial charge is 0.311 e. The number of carboxylic acids is 1. The Morgan fingerprint density at radius 1 is 1.00 bits per heavy atom. The first-order valence-electron chi connectivity index (χ1n) is 7.35. The molecule has 23 heavy (non-hydrogen) atoms. The van der Waals surface area contributed by atoms with Gasteiger partial charge in [-0.1, -0.05) is 37.3 Å². The van der Waals surface area contributed by atoms with Gasteiger partial charge in [0.2, 0.25) is 0 Å². The number of carbonyl (C=O) groups is 3. The highest BCUT2D eigenvalue weighted by Gasteiger charge is 2.38. The maximum absolute atomic E-state index is 12.6. The zero-order valence-corrected chi connectivity index (χ0v) is 12.5. The summed E-state index contributed by atoms with van der Waals surface area (Å²) in [5.41, 5.74) is 1.50. The zero-order valence-electron chi connectivity index (χ0n) is 12.5. The SMILES string of the molecule is CCC(C(=O)O)c1ccccc1N1C(=O)c2ccccc2C1=O. The highest BCUT2D eigenvalue weighted by atomic mass is 16.4. The molecule has 0 spiro atoms. The molecule has 0 saturated heterocycles. The van der Waals surface area contributed by atoms with Gasteiger partial charge in [0, 0.05) is 0 Å². The van der Waals surface area contributed by atoms with E-state index in [0.29, 0.717) is 28.8 Å². The van der Waals surface area contributed by atoms with Gasteiger partial charge in [-0.3, -0.25) is 14.4 Å². The molecule has 0 aromatic heterocycles. The monoisotopic (exact) mass is 309 g/mol. The standard InChI is InChI=1S/C18H15NO4/c1-2-11(18(22)23)12-7-5-6-10-15(12)19-16(20)13-8-3-4-9-14(13)17(19)21/h3-11H,2H2,1H3,(H,22,23). The second-order valence-corrected chi connectivity index (χ2v) is 5.35. The van der Waals surface area contributed by atoms with Crippen molar-refractivity contribution >= 4 is 23.5 Å². The summed E-state index contributed by atoms with van der Waals surface area (Å²) >= 11 is 0. The number of imide groups is 1. The Labute approximate surface area is 133 Å². The van der Waals surface area contributed by atoms with Crippen molar-refractivity contribution in [1.82, 2.24) is 0 Å². The lowest BCUT2D eigenvalue weighted by molar-refractivity contribution is -0.138. The lowest BCUT2D eigenvalue weighted by Crippen LogP contribution is -2.31. The number of hydrogen-bond acceptors (Lipinski definition) is 3. The molecule has 0 bridgehead atoms. The fourth-order valence-corrected chi connectivity index (χ4v) is 2.92. The Morgan fingerprint density at radius 3 is 2.04 bits per heavy atom. The molecule has 2 aromatic carbocycles. The van der Waals surface area contributed by atoms with Crippen molar-refractivity contribution in [3.8, 4) is 0 Å². The third kappa shape index (κ3) is 2.30. The Balaban J connectivity index is 2.13. The molecule has 1 atom stereocenters. The quantitative estimate of drug-likeness (QED) is 0.881. The first-order chi connectivity index (χ1) is 11.1. The van der Waals surface area contributed by atoms with E-state index in [1.54, 1.807) is 55.5 Å². The normalized spacial score (nSPS) is 14.7. The molecule has 5 nitrogen and oxygen atoms in total. The zero-order chi connectivity index (χ0) is 16.6. The second-order valence-electron chi connectivity index (χ2n) is 5.35. The van der Waals surface area contributed by atoms with E-state index in [2.05, 4.69) is 0 Å². The van der Waals surface area contributed by atoms with Gasteiger partial charge < -0.3 is 5.11 Å². The number of rotatable bonds is 4. The van der Waals surface area contributed by atoms with Crippen LogP contribution >= 0.6 is 0 Å². The van der Waals surface area contributed by atoms with E-state index in [-0.39, 0.29) is 0 Å². The van der Waals surface area contributed by atoms with E-state index in [0.717, 1.165) is 4.90 Å². The first kappa shape index (κ1) is 15.0. The molecular formula is C18H15NO4. The molecule has 1 aliphatic heterocycles. The summed E-state index contributed by atoms with van der Waals surface area (Å²) < 4.78 is 0. The van der Waals surface area contributed by atoms with Gasteiger partial charge in [-0.25, -0.2) is 4.90 Å². The molecule has 0 radical (unpaired) electrons. The number of hydrogen-bond donors (Lipinski definition) is 1. The minimum absolute atomic E-state index is 0.341. The van der Waals surface area contributed by atoms with Crippen LogP contribution in [0.2, 0.25) is 0 Å². The average molecular weight is 309 g/mol. The summed E-state index contributed by atoms with van der Waals surface area (Å²) in [7, 11) is 0. The van der Waals surface area contributed by atoms with Gasteiger partial charge in [0.15, 0.2) is 0 Å². The fraction of sp³-hybridized carbons (Fsp3) is 0.167. The van der Waals surface area contributed by atoms with E-state index in [4.69, 9.17) is 0 Å². The fourth-order valence-electron chi connectivity index (χ4n) is 2.92. The van der Waals surface area contributed by atoms with Crippen LogP contribution in [0, 0.1) is 0 Å². The summed E-state index contributed by atoms with van der Waals surface area (Å²) in [6.45, 7) is 1.76. The van der Waals surface area contributed by atoms with Crippen LogP contribution in [-0.2, 0) is 4.79 Å². The molecule has 0 saturated carbocycles. The Kier molecular flexibility index (Phi) is 3.70. The molecule has 116 valence electrons. The van der Waals surface area contributed by atoms with Crippen LogP contribution in [0.1, 0.15) is 45.5 Å². The molecule has 2 amide bonds. The van der Waals surface area contributed by atoms with Gasteiger partial charge in [0.25, 0.3) is 11.8 Å². The van der Waals surface area contributed by atoms with Crippen molar-refractivity contribution in [2.45, 2.75) is 19.3 Å². The molecule has 0 aliphatic carbocycles. The van der Waals surface area contributed by atoms with Gasteiger partial charge in [0.05, 0.1) is 22.7 Å². The first-order valence-corrected chi connectivity index (χ1v) is 7.35. The Morgan fingerprint density at radius 2 is 1.52 bits per heavy atom. The third-order valence-electron chi connectivity index (χ3n) is 4.05. The molecule has 0 fully saturated rings. The van der Waals surface area contributed by atoms with E-state index in [9.17, 15) is 19.5 Å². The minimum atomic E-state index is -0.975. The lowest BCUT2D eigenvalue weighted by Gasteiger charge is -2.21. The van der Waals surface area contributed by atoms with E-state index < -0.39 is 23.7 Å². The van der Waals surface area contributed by atoms with Gasteiger partial charge in [-0.2, -0.15) is 0 Å². The predicted octanol–water partition coefficient (Wildman–Crippen LogP) is 3.07. The highest BCUT2D eigenvalue weighted by molar-refractivity contribution is 6.34. The number of anilines is 1. The molecule has 1 heterocycles. The van der Waals surface area contributed by atoms with Crippen LogP contribution in [-0.4, -0.2) is 22.9 Å². The van der Waals surface area contributed by atoms with E-state index in [1.807, 2.05) is 0 Å². The van der Waals surface area contributed by atoms with E-state index in [1.165, 1.54) is 0 Å². The maximum Gasteiger partial charge on any atom is 0.311 e. The van der Waals surface area contributed by atoms with Crippen molar-refractivity contribution in [3.63, 3.8) is 0 Å². The Hall–Kier alpha value is -2.95. The van der Waals surface area contributed by atoms with Crippen molar-refractivity contribution in [1.29, 1.82) is 0 Å². The predicted molar refractivity (Wildman–Crippen MR) is 84.7 cm³/mol.